The molecule has 0 aliphatic carbocycles. The van der Waals surface area contributed by atoms with Crippen molar-refractivity contribution in [2.45, 2.75) is 0 Å². The van der Waals surface area contributed by atoms with E-state index in [4.69, 9.17) is 5.11 Å². The summed E-state index contributed by atoms with van der Waals surface area (Å²) in [6.07, 6.45) is 1.30. The van der Waals surface area contributed by atoms with E-state index in [0.717, 1.165) is 6.07 Å². The number of pyridine rings is 1. The number of H-pyrrole nitrogens is 1. The third-order valence-electron chi connectivity index (χ3n) is 1.00. The highest BCUT2D eigenvalue weighted by atomic mass is 16.4. The Hall–Kier alpha value is -1.62. The number of nitrogens with two attached hydrogens (primary N) is 1. The predicted molar refractivity (Wildman–Crippen MR) is 44.1 cm³/mol. The molecule has 0 saturated carbocycles. The third kappa shape index (κ3) is 2.98. The number of carbonyl (C=O) groups is 1. The molecule has 0 fully saturated rings. The van der Waals surface area contributed by atoms with E-state index in [1.165, 1.54) is 19.3 Å². The van der Waals surface area contributed by atoms with Crippen molar-refractivity contribution in [3.8, 4) is 0 Å². The fraction of sp³-hybridized carbons (Fsp3) is 0.143. The van der Waals surface area contributed by atoms with Gasteiger partial charge in [-0.3, -0.25) is 4.79 Å². The smallest absolute Gasteiger partial charge is 0.352 e. The average Bonchev–Trinajstić information content (AvgIpc) is 2.08. The van der Waals surface area contributed by atoms with Crippen molar-refractivity contribution in [3.05, 3.63) is 34.2 Å². The molecular weight excluding hydrogens is 160 g/mol. The summed E-state index contributed by atoms with van der Waals surface area (Å²) in [7, 11) is 1.50. The second-order valence-electron chi connectivity index (χ2n) is 1.74. The fourth-order valence-electron chi connectivity index (χ4n) is 0.569. The van der Waals surface area contributed by atoms with Crippen LogP contribution in [0.25, 0.3) is 0 Å². The topological polar surface area (TPSA) is 96.2 Å². The van der Waals surface area contributed by atoms with Crippen LogP contribution >= 0.6 is 0 Å². The van der Waals surface area contributed by atoms with Crippen LogP contribution in [0, 0.1) is 0 Å². The van der Waals surface area contributed by atoms with Crippen molar-refractivity contribution in [2.24, 2.45) is 5.73 Å². The Labute approximate surface area is 68.8 Å². The predicted octanol–water partition coefficient (Wildman–Crippen LogP) is -0.352. The zero-order valence-corrected chi connectivity index (χ0v) is 6.57. The number of nitrogens with one attached hydrogen (secondary N) is 1. The maximum Gasteiger partial charge on any atom is 0.352 e. The Morgan fingerprint density at radius 3 is 2.50 bits per heavy atom. The zero-order chi connectivity index (χ0) is 9.56. The molecule has 12 heavy (non-hydrogen) atoms. The van der Waals surface area contributed by atoms with E-state index in [1.54, 1.807) is 0 Å². The minimum Gasteiger partial charge on any atom is -0.477 e. The molecule has 0 aliphatic heterocycles. The molecule has 1 heterocycles. The molecule has 0 aromatic carbocycles. The Morgan fingerprint density at radius 2 is 2.17 bits per heavy atom. The maximum absolute atomic E-state index is 10.5. The molecule has 0 unspecified atom stereocenters. The molecule has 0 bridgehead atoms. The number of carboxylic acid groups (broad SMARTS) is 1. The number of aromatic amines is 1. The van der Waals surface area contributed by atoms with Gasteiger partial charge in [-0.2, -0.15) is 0 Å². The lowest BCUT2D eigenvalue weighted by molar-refractivity contribution is 0.0690. The van der Waals surface area contributed by atoms with E-state index in [0.29, 0.717) is 0 Å². The summed E-state index contributed by atoms with van der Waals surface area (Å²) >= 11 is 0. The van der Waals surface area contributed by atoms with Crippen LogP contribution in [0.15, 0.2) is 23.1 Å². The largest absolute Gasteiger partial charge is 0.477 e. The molecule has 0 atom stereocenters. The van der Waals surface area contributed by atoms with Crippen LogP contribution in [-0.4, -0.2) is 23.1 Å². The highest BCUT2D eigenvalue weighted by Crippen LogP contribution is 1.85. The summed E-state index contributed by atoms with van der Waals surface area (Å²) in [5, 5.41) is 8.34. The first kappa shape index (κ1) is 10.4. The molecule has 66 valence electrons. The zero-order valence-electron chi connectivity index (χ0n) is 6.57. The van der Waals surface area contributed by atoms with Crippen LogP contribution in [0.4, 0.5) is 0 Å². The molecule has 5 heteroatoms. The normalized spacial score (nSPS) is 8.17. The van der Waals surface area contributed by atoms with Gasteiger partial charge in [-0.1, -0.05) is 0 Å². The van der Waals surface area contributed by atoms with E-state index in [2.05, 4.69) is 10.7 Å². The number of aromatic carboxylic acids is 1. The van der Waals surface area contributed by atoms with Gasteiger partial charge in [0.15, 0.2) is 5.43 Å². The van der Waals surface area contributed by atoms with Gasteiger partial charge in [-0.05, 0) is 7.05 Å². The van der Waals surface area contributed by atoms with Gasteiger partial charge in [-0.15, -0.1) is 0 Å². The fourth-order valence-corrected chi connectivity index (χ4v) is 0.569. The van der Waals surface area contributed by atoms with Crippen molar-refractivity contribution in [2.75, 3.05) is 7.05 Å². The lowest BCUT2D eigenvalue weighted by atomic mass is 10.3. The Kier molecular flexibility index (Phi) is 4.40. The van der Waals surface area contributed by atoms with Gasteiger partial charge in [0.1, 0.15) is 5.69 Å². The van der Waals surface area contributed by atoms with Gasteiger partial charge >= 0.3 is 5.97 Å². The highest BCUT2D eigenvalue weighted by Gasteiger charge is 2.00. The molecule has 5 nitrogen and oxygen atoms in total. The summed E-state index contributed by atoms with van der Waals surface area (Å²) in [6.45, 7) is 0. The Balaban J connectivity index is 0.000000561. The van der Waals surface area contributed by atoms with E-state index in [1.807, 2.05) is 0 Å². The standard InChI is InChI=1S/C6H5NO3.CH5N/c8-4-1-2-7-5(3-4)6(9)10;1-2/h1-3H,(H,7,8)(H,9,10);2H2,1H3. The molecular formula is C7H10N2O3. The van der Waals surface area contributed by atoms with E-state index in [-0.39, 0.29) is 11.1 Å². The molecule has 0 aliphatic rings. The quantitative estimate of drug-likeness (QED) is 0.536. The van der Waals surface area contributed by atoms with Crippen LogP contribution < -0.4 is 11.2 Å². The number of rotatable bonds is 1. The first-order valence-corrected chi connectivity index (χ1v) is 3.20. The summed E-state index contributed by atoms with van der Waals surface area (Å²) in [4.78, 5) is 23.1. The SMILES string of the molecule is CN.O=C(O)c1cc(=O)cc[nH]1. The summed E-state index contributed by atoms with van der Waals surface area (Å²) in [5.74, 6) is -1.13. The molecule has 0 spiro atoms. The Morgan fingerprint density at radius 1 is 1.58 bits per heavy atom. The summed E-state index contributed by atoms with van der Waals surface area (Å²) in [5.41, 5.74) is 4.10. The van der Waals surface area contributed by atoms with Gasteiger partial charge in [-0.25, -0.2) is 4.79 Å². The van der Waals surface area contributed by atoms with Crippen molar-refractivity contribution in [1.82, 2.24) is 4.98 Å². The number of aromatic nitrogens is 1. The maximum atomic E-state index is 10.5. The highest BCUT2D eigenvalue weighted by molar-refractivity contribution is 5.84. The lowest BCUT2D eigenvalue weighted by Crippen LogP contribution is -2.06. The van der Waals surface area contributed by atoms with Crippen molar-refractivity contribution in [3.63, 3.8) is 0 Å². The molecule has 1 aromatic rings. The number of hydrogen-bond donors (Lipinski definition) is 3. The van der Waals surface area contributed by atoms with Crippen LogP contribution in [0.3, 0.4) is 0 Å². The molecule has 1 rings (SSSR count). The first-order chi connectivity index (χ1) is 5.70. The van der Waals surface area contributed by atoms with Crippen LogP contribution in [0.5, 0.6) is 0 Å². The van der Waals surface area contributed by atoms with E-state index in [9.17, 15) is 9.59 Å². The Bertz CT molecular complexity index is 306. The second kappa shape index (κ2) is 5.09. The van der Waals surface area contributed by atoms with Crippen LogP contribution in [0.2, 0.25) is 0 Å². The second-order valence-corrected chi connectivity index (χ2v) is 1.74. The van der Waals surface area contributed by atoms with Crippen molar-refractivity contribution in [1.29, 1.82) is 0 Å². The molecule has 4 N–H and O–H groups in total. The lowest BCUT2D eigenvalue weighted by Gasteiger charge is -1.89. The third-order valence-corrected chi connectivity index (χ3v) is 1.00. The molecule has 1 aromatic heterocycles. The van der Waals surface area contributed by atoms with E-state index >= 15 is 0 Å². The van der Waals surface area contributed by atoms with E-state index < -0.39 is 5.97 Å². The monoisotopic (exact) mass is 170 g/mol. The van der Waals surface area contributed by atoms with Gasteiger partial charge in [0.2, 0.25) is 0 Å². The van der Waals surface area contributed by atoms with Crippen LogP contribution in [0.1, 0.15) is 10.5 Å². The number of carboxylic acids is 1. The molecule has 0 amide bonds. The van der Waals surface area contributed by atoms with Gasteiger partial charge in [0, 0.05) is 18.3 Å². The molecule has 0 saturated heterocycles. The van der Waals surface area contributed by atoms with Gasteiger partial charge in [0.25, 0.3) is 0 Å². The molecule has 0 radical (unpaired) electrons. The van der Waals surface area contributed by atoms with Gasteiger partial charge < -0.3 is 15.8 Å². The number of hydrogen-bond acceptors (Lipinski definition) is 3. The summed E-state index contributed by atoms with van der Waals surface area (Å²) in [6, 6.07) is 2.29. The van der Waals surface area contributed by atoms with Crippen molar-refractivity contribution >= 4 is 5.97 Å². The average molecular weight is 170 g/mol. The minimum absolute atomic E-state index is 0.0903. The first-order valence-electron chi connectivity index (χ1n) is 3.20. The minimum atomic E-state index is -1.13. The van der Waals surface area contributed by atoms with Crippen LogP contribution in [-0.2, 0) is 0 Å². The van der Waals surface area contributed by atoms with Gasteiger partial charge in [0.05, 0.1) is 0 Å². The van der Waals surface area contributed by atoms with Crippen molar-refractivity contribution < 1.29 is 9.90 Å². The summed E-state index contributed by atoms with van der Waals surface area (Å²) < 4.78 is 0.